The molecular formula is C21H27N7O2S. The number of anilines is 3. The van der Waals surface area contributed by atoms with Crippen molar-refractivity contribution in [2.45, 2.75) is 43.0 Å². The second-order valence-electron chi connectivity index (χ2n) is 7.94. The van der Waals surface area contributed by atoms with Crippen molar-refractivity contribution in [1.29, 1.82) is 5.26 Å². The second kappa shape index (κ2) is 9.60. The number of hydrogen-bond acceptors (Lipinski definition) is 8. The molecule has 1 saturated carbocycles. The van der Waals surface area contributed by atoms with Gasteiger partial charge in [0.2, 0.25) is 16.0 Å². The average Bonchev–Trinajstić information content (AvgIpc) is 3.59. The Hall–Kier alpha value is -2.74. The first-order chi connectivity index (χ1) is 15.0. The van der Waals surface area contributed by atoms with Gasteiger partial charge in [0.25, 0.3) is 0 Å². The van der Waals surface area contributed by atoms with E-state index in [4.69, 9.17) is 0 Å². The SMILES string of the molecule is N#Cc1cnc(Nc2ccc(S(=O)(=O)NCCN3CCCCC3)cc2)nc1NC1CC1. The lowest BCUT2D eigenvalue weighted by molar-refractivity contribution is 0.233. The van der Waals surface area contributed by atoms with Crippen LogP contribution in [-0.2, 0) is 10.0 Å². The summed E-state index contributed by atoms with van der Waals surface area (Å²) < 4.78 is 27.8. The molecule has 1 saturated heterocycles. The van der Waals surface area contributed by atoms with Crippen LogP contribution in [0, 0.1) is 11.3 Å². The summed E-state index contributed by atoms with van der Waals surface area (Å²) in [4.78, 5) is 11.1. The minimum atomic E-state index is -3.55. The summed E-state index contributed by atoms with van der Waals surface area (Å²) >= 11 is 0. The van der Waals surface area contributed by atoms with Crippen molar-refractivity contribution in [3.63, 3.8) is 0 Å². The summed E-state index contributed by atoms with van der Waals surface area (Å²) in [7, 11) is -3.55. The molecule has 1 aromatic carbocycles. The lowest BCUT2D eigenvalue weighted by atomic mass is 10.1. The zero-order valence-electron chi connectivity index (χ0n) is 17.3. The Balaban J connectivity index is 1.35. The zero-order valence-corrected chi connectivity index (χ0v) is 18.2. The van der Waals surface area contributed by atoms with Crippen LogP contribution < -0.4 is 15.4 Å². The maximum absolute atomic E-state index is 12.6. The summed E-state index contributed by atoms with van der Waals surface area (Å²) in [5.41, 5.74) is 1.06. The number of sulfonamides is 1. The predicted octanol–water partition coefficient (Wildman–Crippen LogP) is 2.43. The Kier molecular flexibility index (Phi) is 6.65. The van der Waals surface area contributed by atoms with Crippen LogP contribution >= 0.6 is 0 Å². The van der Waals surface area contributed by atoms with E-state index in [9.17, 15) is 13.7 Å². The van der Waals surface area contributed by atoms with E-state index in [0.717, 1.165) is 32.5 Å². The van der Waals surface area contributed by atoms with E-state index < -0.39 is 10.0 Å². The molecule has 1 aliphatic heterocycles. The van der Waals surface area contributed by atoms with E-state index in [2.05, 4.69) is 36.3 Å². The molecule has 0 amide bonds. The Morgan fingerprint density at radius 1 is 1.13 bits per heavy atom. The number of benzene rings is 1. The van der Waals surface area contributed by atoms with Gasteiger partial charge in [0, 0.05) is 24.8 Å². The summed E-state index contributed by atoms with van der Waals surface area (Å²) in [6, 6.07) is 8.91. The molecule has 2 fully saturated rings. The van der Waals surface area contributed by atoms with Crippen LogP contribution in [0.2, 0.25) is 0 Å². The van der Waals surface area contributed by atoms with Gasteiger partial charge in [-0.15, -0.1) is 0 Å². The van der Waals surface area contributed by atoms with Gasteiger partial charge in [-0.05, 0) is 63.0 Å². The van der Waals surface area contributed by atoms with E-state index in [-0.39, 0.29) is 4.90 Å². The largest absolute Gasteiger partial charge is 0.366 e. The number of hydrogen-bond donors (Lipinski definition) is 3. The first-order valence-electron chi connectivity index (χ1n) is 10.7. The van der Waals surface area contributed by atoms with Crippen LogP contribution in [0.3, 0.4) is 0 Å². The lowest BCUT2D eigenvalue weighted by Gasteiger charge is -2.26. The number of nitriles is 1. The molecule has 2 aliphatic rings. The van der Waals surface area contributed by atoms with Crippen molar-refractivity contribution in [3.05, 3.63) is 36.0 Å². The van der Waals surface area contributed by atoms with Crippen molar-refractivity contribution in [1.82, 2.24) is 19.6 Å². The maximum Gasteiger partial charge on any atom is 0.240 e. The van der Waals surface area contributed by atoms with Crippen LogP contribution in [0.4, 0.5) is 17.5 Å². The Labute approximate surface area is 182 Å². The Morgan fingerprint density at radius 3 is 2.55 bits per heavy atom. The number of piperidine rings is 1. The van der Waals surface area contributed by atoms with Crippen molar-refractivity contribution in [2.24, 2.45) is 0 Å². The zero-order chi connectivity index (χ0) is 21.7. The molecule has 1 aromatic heterocycles. The molecule has 0 radical (unpaired) electrons. The van der Waals surface area contributed by atoms with Gasteiger partial charge in [-0.25, -0.2) is 18.1 Å². The van der Waals surface area contributed by atoms with Crippen LogP contribution in [-0.4, -0.2) is 55.5 Å². The molecule has 2 aromatic rings. The molecule has 3 N–H and O–H groups in total. The summed E-state index contributed by atoms with van der Waals surface area (Å²) in [5.74, 6) is 0.858. The second-order valence-corrected chi connectivity index (χ2v) is 9.70. The lowest BCUT2D eigenvalue weighted by Crippen LogP contribution is -2.37. The number of rotatable bonds is 9. The van der Waals surface area contributed by atoms with Crippen LogP contribution in [0.25, 0.3) is 0 Å². The van der Waals surface area contributed by atoms with E-state index in [1.165, 1.54) is 25.5 Å². The van der Waals surface area contributed by atoms with Gasteiger partial charge in [-0.2, -0.15) is 10.2 Å². The van der Waals surface area contributed by atoms with E-state index in [0.29, 0.717) is 35.6 Å². The van der Waals surface area contributed by atoms with Crippen molar-refractivity contribution >= 4 is 27.5 Å². The van der Waals surface area contributed by atoms with Crippen molar-refractivity contribution in [2.75, 3.05) is 36.8 Å². The molecule has 164 valence electrons. The van der Waals surface area contributed by atoms with Crippen LogP contribution in [0.5, 0.6) is 0 Å². The molecule has 4 rings (SSSR count). The molecule has 0 spiro atoms. The fourth-order valence-electron chi connectivity index (χ4n) is 3.51. The molecule has 0 bridgehead atoms. The number of likely N-dealkylation sites (tertiary alicyclic amines) is 1. The molecular weight excluding hydrogens is 414 g/mol. The highest BCUT2D eigenvalue weighted by atomic mass is 32.2. The molecule has 2 heterocycles. The Morgan fingerprint density at radius 2 is 1.87 bits per heavy atom. The topological polar surface area (TPSA) is 123 Å². The molecule has 31 heavy (non-hydrogen) atoms. The van der Waals surface area contributed by atoms with Crippen molar-refractivity contribution in [3.8, 4) is 6.07 Å². The smallest absolute Gasteiger partial charge is 0.240 e. The molecule has 9 nitrogen and oxygen atoms in total. The summed E-state index contributed by atoms with van der Waals surface area (Å²) in [5, 5.41) is 15.5. The molecule has 0 atom stereocenters. The van der Waals surface area contributed by atoms with Gasteiger partial charge < -0.3 is 15.5 Å². The molecule has 1 aliphatic carbocycles. The molecule has 10 heteroatoms. The van der Waals surface area contributed by atoms with Gasteiger partial charge in [-0.1, -0.05) is 6.42 Å². The number of nitrogens with one attached hydrogen (secondary N) is 3. The van der Waals surface area contributed by atoms with E-state index in [1.807, 2.05) is 0 Å². The van der Waals surface area contributed by atoms with Crippen molar-refractivity contribution < 1.29 is 8.42 Å². The minimum absolute atomic E-state index is 0.216. The van der Waals surface area contributed by atoms with Crippen LogP contribution in [0.15, 0.2) is 35.4 Å². The predicted molar refractivity (Wildman–Crippen MR) is 119 cm³/mol. The number of nitrogens with zero attached hydrogens (tertiary/aromatic N) is 4. The Bertz CT molecular complexity index is 1040. The fraction of sp³-hybridized carbons (Fsp3) is 0.476. The standard InChI is InChI=1S/C21H27N7O2S/c22-14-16-15-23-21(27-20(16)25-17-4-5-17)26-18-6-8-19(9-7-18)31(29,30)24-10-13-28-11-2-1-3-12-28/h6-9,15,17,24H,1-5,10-13H2,(H2,23,25,26,27). The third-order valence-corrected chi connectivity index (χ3v) is 6.89. The normalized spacial score (nSPS) is 17.1. The highest BCUT2D eigenvalue weighted by Gasteiger charge is 2.23. The quantitative estimate of drug-likeness (QED) is 0.542. The van der Waals surface area contributed by atoms with Gasteiger partial charge in [0.1, 0.15) is 17.5 Å². The summed E-state index contributed by atoms with van der Waals surface area (Å²) in [6.45, 7) is 3.21. The van der Waals surface area contributed by atoms with Gasteiger partial charge in [-0.3, -0.25) is 0 Å². The average molecular weight is 442 g/mol. The van der Waals surface area contributed by atoms with Gasteiger partial charge in [0.05, 0.1) is 11.1 Å². The van der Waals surface area contributed by atoms with Crippen LogP contribution in [0.1, 0.15) is 37.7 Å². The minimum Gasteiger partial charge on any atom is -0.366 e. The number of aromatic nitrogens is 2. The highest BCUT2D eigenvalue weighted by Crippen LogP contribution is 2.26. The summed E-state index contributed by atoms with van der Waals surface area (Å²) in [6.07, 6.45) is 7.24. The third-order valence-electron chi connectivity index (χ3n) is 5.42. The van der Waals surface area contributed by atoms with E-state index >= 15 is 0 Å². The first-order valence-corrected chi connectivity index (χ1v) is 12.1. The first kappa shape index (κ1) is 21.5. The highest BCUT2D eigenvalue weighted by molar-refractivity contribution is 7.89. The fourth-order valence-corrected chi connectivity index (χ4v) is 4.53. The van der Waals surface area contributed by atoms with Gasteiger partial charge >= 0.3 is 0 Å². The molecule has 0 unspecified atom stereocenters. The maximum atomic E-state index is 12.6. The van der Waals surface area contributed by atoms with E-state index in [1.54, 1.807) is 24.3 Å². The van der Waals surface area contributed by atoms with Gasteiger partial charge in [0.15, 0.2) is 0 Å². The third kappa shape index (κ3) is 5.91. The monoisotopic (exact) mass is 441 g/mol.